The maximum atomic E-state index is 12.5. The van der Waals surface area contributed by atoms with Crippen LogP contribution in [0.25, 0.3) is 0 Å². The Bertz CT molecular complexity index is 270. The van der Waals surface area contributed by atoms with E-state index in [4.69, 9.17) is 0 Å². The van der Waals surface area contributed by atoms with E-state index in [1.165, 1.54) is 13.8 Å². The fourth-order valence-corrected chi connectivity index (χ4v) is 1.85. The van der Waals surface area contributed by atoms with Gasteiger partial charge in [-0.3, -0.25) is 13.6 Å². The van der Waals surface area contributed by atoms with E-state index in [1.807, 2.05) is 0 Å². The van der Waals surface area contributed by atoms with Crippen molar-refractivity contribution in [2.24, 2.45) is 0 Å². The molecular weight excluding hydrogens is 274 g/mol. The summed E-state index contributed by atoms with van der Waals surface area (Å²) in [6, 6.07) is 0. The van der Waals surface area contributed by atoms with E-state index in [-0.39, 0.29) is 13.2 Å². The Hall–Kier alpha value is -0.240. The Kier molecular flexibility index (Phi) is 6.00. The minimum Gasteiger partial charge on any atom is -0.287 e. The zero-order valence-electron chi connectivity index (χ0n) is 9.09. The van der Waals surface area contributed by atoms with E-state index in [9.17, 15) is 26.5 Å². The van der Waals surface area contributed by atoms with Gasteiger partial charge in [0.05, 0.1) is 13.2 Å². The molecule has 0 bridgehead atoms. The number of phosphoric acid groups is 1. The van der Waals surface area contributed by atoms with Gasteiger partial charge in [0.1, 0.15) is 6.61 Å². The molecule has 0 heterocycles. The van der Waals surface area contributed by atoms with Crippen LogP contribution >= 0.6 is 7.82 Å². The highest BCUT2D eigenvalue weighted by Gasteiger charge is 2.58. The highest BCUT2D eigenvalue weighted by molar-refractivity contribution is 7.48. The average molecular weight is 286 g/mol. The van der Waals surface area contributed by atoms with E-state index in [1.54, 1.807) is 0 Å². The molecule has 0 unspecified atom stereocenters. The summed E-state index contributed by atoms with van der Waals surface area (Å²) in [7, 11) is -4.37. The monoisotopic (exact) mass is 286 g/mol. The Balaban J connectivity index is 4.56. The Morgan fingerprint density at radius 1 is 0.941 bits per heavy atom. The molecule has 0 N–H and O–H groups in total. The normalized spacial score (nSPS) is 14.1. The molecule has 0 atom stereocenters. The first-order valence-electron chi connectivity index (χ1n) is 4.56. The SMILES string of the molecule is CCOP(=O)(OCC)OCC(F)(F)C(F)(F)F. The molecule has 4 nitrogen and oxygen atoms in total. The van der Waals surface area contributed by atoms with Crippen LogP contribution < -0.4 is 0 Å². The van der Waals surface area contributed by atoms with Crippen molar-refractivity contribution >= 4 is 7.82 Å². The van der Waals surface area contributed by atoms with E-state index < -0.39 is 26.5 Å². The van der Waals surface area contributed by atoms with Gasteiger partial charge in [-0.2, -0.15) is 22.0 Å². The molecule has 0 aromatic rings. The predicted molar refractivity (Wildman–Crippen MR) is 47.8 cm³/mol. The Morgan fingerprint density at radius 2 is 1.35 bits per heavy atom. The van der Waals surface area contributed by atoms with E-state index in [0.29, 0.717) is 0 Å². The van der Waals surface area contributed by atoms with Gasteiger partial charge in [0.25, 0.3) is 0 Å². The molecule has 17 heavy (non-hydrogen) atoms. The van der Waals surface area contributed by atoms with Crippen LogP contribution in [-0.4, -0.2) is 31.9 Å². The highest BCUT2D eigenvalue weighted by atomic mass is 31.2. The lowest BCUT2D eigenvalue weighted by atomic mass is 10.3. The van der Waals surface area contributed by atoms with Gasteiger partial charge < -0.3 is 0 Å². The lowest BCUT2D eigenvalue weighted by Crippen LogP contribution is -2.40. The van der Waals surface area contributed by atoms with Crippen LogP contribution in [0.5, 0.6) is 0 Å². The summed E-state index contributed by atoms with van der Waals surface area (Å²) in [5.41, 5.74) is 0. The van der Waals surface area contributed by atoms with E-state index in [2.05, 4.69) is 13.6 Å². The minimum atomic E-state index is -5.78. The Morgan fingerprint density at radius 3 is 1.65 bits per heavy atom. The molecule has 0 saturated carbocycles. The number of phosphoric ester groups is 1. The maximum absolute atomic E-state index is 12.5. The smallest absolute Gasteiger partial charge is 0.287 e. The van der Waals surface area contributed by atoms with Crippen molar-refractivity contribution < 1.29 is 40.1 Å². The molecule has 0 aromatic carbocycles. The molecule has 0 saturated heterocycles. The fraction of sp³-hybridized carbons (Fsp3) is 1.00. The van der Waals surface area contributed by atoms with Crippen molar-refractivity contribution in [2.75, 3.05) is 19.8 Å². The molecule has 0 aliphatic heterocycles. The number of hydrogen-bond acceptors (Lipinski definition) is 4. The molecule has 0 aromatic heterocycles. The third kappa shape index (κ3) is 5.29. The van der Waals surface area contributed by atoms with Crippen LogP contribution in [0.2, 0.25) is 0 Å². The van der Waals surface area contributed by atoms with Gasteiger partial charge in [-0.25, -0.2) is 4.57 Å². The van der Waals surface area contributed by atoms with Crippen LogP contribution in [-0.2, 0) is 18.1 Å². The summed E-state index contributed by atoms with van der Waals surface area (Å²) < 4.78 is 84.4. The summed E-state index contributed by atoms with van der Waals surface area (Å²) >= 11 is 0. The van der Waals surface area contributed by atoms with Gasteiger partial charge in [-0.05, 0) is 13.8 Å². The summed E-state index contributed by atoms with van der Waals surface area (Å²) in [5, 5.41) is 0. The fourth-order valence-electron chi connectivity index (χ4n) is 0.670. The molecule has 10 heteroatoms. The third-order valence-corrected chi connectivity index (χ3v) is 2.99. The largest absolute Gasteiger partial charge is 0.474 e. The second kappa shape index (κ2) is 6.08. The van der Waals surface area contributed by atoms with Crippen molar-refractivity contribution in [1.82, 2.24) is 0 Å². The van der Waals surface area contributed by atoms with E-state index >= 15 is 0 Å². The second-order valence-electron chi connectivity index (χ2n) is 2.76. The van der Waals surface area contributed by atoms with Crippen LogP contribution in [0, 0.1) is 0 Å². The summed E-state index contributed by atoms with van der Waals surface area (Å²) in [4.78, 5) is 0. The van der Waals surface area contributed by atoms with Crippen LogP contribution in [0.1, 0.15) is 13.8 Å². The van der Waals surface area contributed by atoms with Gasteiger partial charge in [0.15, 0.2) is 0 Å². The lowest BCUT2D eigenvalue weighted by Gasteiger charge is -2.22. The topological polar surface area (TPSA) is 44.8 Å². The van der Waals surface area contributed by atoms with Gasteiger partial charge in [-0.1, -0.05) is 0 Å². The summed E-state index contributed by atoms with van der Waals surface area (Å²) in [5.74, 6) is -5.11. The van der Waals surface area contributed by atoms with Gasteiger partial charge in [0.2, 0.25) is 0 Å². The predicted octanol–water partition coefficient (Wildman–Crippen LogP) is 3.38. The molecular formula is C7H12F5O4P. The maximum Gasteiger partial charge on any atom is 0.474 e. The quantitative estimate of drug-likeness (QED) is 0.531. The molecule has 0 radical (unpaired) electrons. The zero-order chi connectivity index (χ0) is 13.7. The van der Waals surface area contributed by atoms with Gasteiger partial charge in [0, 0.05) is 0 Å². The molecule has 0 rings (SSSR count). The number of rotatable bonds is 7. The van der Waals surface area contributed by atoms with Gasteiger partial charge >= 0.3 is 19.9 Å². The van der Waals surface area contributed by atoms with Crippen molar-refractivity contribution in [3.05, 3.63) is 0 Å². The van der Waals surface area contributed by atoms with Crippen LogP contribution in [0.4, 0.5) is 22.0 Å². The first-order valence-corrected chi connectivity index (χ1v) is 6.02. The number of halogens is 5. The highest BCUT2D eigenvalue weighted by Crippen LogP contribution is 2.51. The van der Waals surface area contributed by atoms with Crippen LogP contribution in [0.15, 0.2) is 0 Å². The molecule has 0 aliphatic rings. The lowest BCUT2D eigenvalue weighted by molar-refractivity contribution is -0.291. The Labute approximate surface area is 94.6 Å². The minimum absolute atomic E-state index is 0.213. The summed E-state index contributed by atoms with van der Waals surface area (Å²) in [6.45, 7) is 0.172. The number of hydrogen-bond donors (Lipinski definition) is 0. The molecule has 0 spiro atoms. The van der Waals surface area contributed by atoms with Crippen molar-refractivity contribution in [1.29, 1.82) is 0 Å². The third-order valence-electron chi connectivity index (χ3n) is 1.39. The van der Waals surface area contributed by atoms with Gasteiger partial charge in [-0.15, -0.1) is 0 Å². The van der Waals surface area contributed by atoms with E-state index in [0.717, 1.165) is 0 Å². The van der Waals surface area contributed by atoms with Crippen molar-refractivity contribution in [3.63, 3.8) is 0 Å². The van der Waals surface area contributed by atoms with Crippen LogP contribution in [0.3, 0.4) is 0 Å². The first-order chi connectivity index (χ1) is 7.58. The molecule has 104 valence electrons. The van der Waals surface area contributed by atoms with Crippen molar-refractivity contribution in [3.8, 4) is 0 Å². The zero-order valence-corrected chi connectivity index (χ0v) is 9.99. The first kappa shape index (κ1) is 16.8. The standard InChI is InChI=1S/C7H12F5O4P/c1-3-14-17(13,15-4-2)16-5-6(8,9)7(10,11)12/h3-5H2,1-2H3. The summed E-state index contributed by atoms with van der Waals surface area (Å²) in [6.07, 6.45) is -5.78. The molecule has 0 amide bonds. The second-order valence-corrected chi connectivity index (χ2v) is 4.43. The number of alkyl halides is 5. The molecule has 0 fully saturated rings. The molecule has 0 aliphatic carbocycles. The van der Waals surface area contributed by atoms with Crippen molar-refractivity contribution in [2.45, 2.75) is 25.9 Å². The average Bonchev–Trinajstić information content (AvgIpc) is 2.14.